The molecule has 0 fully saturated rings. The lowest BCUT2D eigenvalue weighted by Crippen LogP contribution is -2.00. The Labute approximate surface area is 131 Å². The molecule has 0 saturated carbocycles. The van der Waals surface area contributed by atoms with E-state index in [9.17, 15) is 14.7 Å². The fourth-order valence-electron chi connectivity index (χ4n) is 2.42. The summed E-state index contributed by atoms with van der Waals surface area (Å²) in [5.74, 6) is -0.719. The number of ketones is 2. The number of methoxy groups -OCH3 is 1. The first-order valence-corrected chi connectivity index (χ1v) is 6.87. The summed E-state index contributed by atoms with van der Waals surface area (Å²) in [6.07, 6.45) is 1.34. The number of rotatable bonds is 2. The first-order chi connectivity index (χ1) is 10.5. The lowest BCUT2D eigenvalue weighted by molar-refractivity contribution is 0.0990. The quantitative estimate of drug-likeness (QED) is 0.680. The van der Waals surface area contributed by atoms with Crippen LogP contribution in [0.3, 0.4) is 0 Å². The van der Waals surface area contributed by atoms with Crippen LogP contribution in [0.1, 0.15) is 26.3 Å². The number of halogens is 1. The SMILES string of the molecule is COc1cc(Cl)cc(C=C2C(=O)c3ccccc3C2=O)c1O. The average Bonchev–Trinajstić information content (AvgIpc) is 2.76. The van der Waals surface area contributed by atoms with E-state index >= 15 is 0 Å². The van der Waals surface area contributed by atoms with Gasteiger partial charge in [0.15, 0.2) is 23.1 Å². The summed E-state index contributed by atoms with van der Waals surface area (Å²) >= 11 is 5.96. The fraction of sp³-hybridized carbons (Fsp3) is 0.0588. The van der Waals surface area contributed by atoms with Crippen molar-refractivity contribution in [1.82, 2.24) is 0 Å². The Bertz CT molecular complexity index is 800. The minimum absolute atomic E-state index is 0.000759. The van der Waals surface area contributed by atoms with Crippen molar-refractivity contribution in [1.29, 1.82) is 0 Å². The van der Waals surface area contributed by atoms with Gasteiger partial charge in [-0.25, -0.2) is 0 Å². The molecule has 110 valence electrons. The second-order valence-electron chi connectivity index (χ2n) is 4.81. The van der Waals surface area contributed by atoms with Crippen LogP contribution in [0.4, 0.5) is 0 Å². The Morgan fingerprint density at radius 1 is 1.09 bits per heavy atom. The highest BCUT2D eigenvalue weighted by Crippen LogP contribution is 2.36. The first kappa shape index (κ1) is 14.4. The van der Waals surface area contributed by atoms with Crippen LogP contribution in [0, 0.1) is 0 Å². The largest absolute Gasteiger partial charge is 0.504 e. The molecule has 1 aliphatic carbocycles. The molecule has 0 aromatic heterocycles. The number of hydrogen-bond donors (Lipinski definition) is 1. The van der Waals surface area contributed by atoms with Crippen molar-refractivity contribution in [2.45, 2.75) is 0 Å². The van der Waals surface area contributed by atoms with Gasteiger partial charge in [-0.2, -0.15) is 0 Å². The van der Waals surface area contributed by atoms with Crippen LogP contribution >= 0.6 is 11.6 Å². The number of allylic oxidation sites excluding steroid dienone is 1. The van der Waals surface area contributed by atoms with Crippen LogP contribution < -0.4 is 4.74 Å². The molecular formula is C17H11ClO4. The van der Waals surface area contributed by atoms with Crippen molar-refractivity contribution in [2.24, 2.45) is 0 Å². The van der Waals surface area contributed by atoms with E-state index in [4.69, 9.17) is 16.3 Å². The third-order valence-corrected chi connectivity index (χ3v) is 3.71. The van der Waals surface area contributed by atoms with Crippen molar-refractivity contribution in [3.8, 4) is 11.5 Å². The number of fused-ring (bicyclic) bond motifs is 1. The highest BCUT2D eigenvalue weighted by molar-refractivity contribution is 6.41. The van der Waals surface area contributed by atoms with Crippen LogP contribution in [-0.4, -0.2) is 23.8 Å². The van der Waals surface area contributed by atoms with E-state index in [1.54, 1.807) is 24.3 Å². The summed E-state index contributed by atoms with van der Waals surface area (Å²) in [4.78, 5) is 24.7. The summed E-state index contributed by atoms with van der Waals surface area (Å²) in [6, 6.07) is 9.53. The molecule has 4 nitrogen and oxygen atoms in total. The number of phenols is 1. The normalized spacial score (nSPS) is 13.3. The highest BCUT2D eigenvalue weighted by atomic mass is 35.5. The summed E-state index contributed by atoms with van der Waals surface area (Å²) in [5, 5.41) is 10.4. The lowest BCUT2D eigenvalue weighted by atomic mass is 10.1. The Morgan fingerprint density at radius 2 is 1.68 bits per heavy atom. The van der Waals surface area contributed by atoms with E-state index in [0.717, 1.165) is 0 Å². The predicted molar refractivity (Wildman–Crippen MR) is 82.7 cm³/mol. The molecule has 0 unspecified atom stereocenters. The maximum absolute atomic E-state index is 12.3. The molecule has 2 aromatic rings. The lowest BCUT2D eigenvalue weighted by Gasteiger charge is -2.07. The Kier molecular flexibility index (Phi) is 3.47. The van der Waals surface area contributed by atoms with Gasteiger partial charge in [-0.05, 0) is 12.1 Å². The maximum atomic E-state index is 12.3. The van der Waals surface area contributed by atoms with Gasteiger partial charge in [-0.3, -0.25) is 9.59 Å². The van der Waals surface area contributed by atoms with Gasteiger partial charge in [-0.1, -0.05) is 35.9 Å². The van der Waals surface area contributed by atoms with E-state index in [1.165, 1.54) is 25.3 Å². The number of hydrogen-bond acceptors (Lipinski definition) is 4. The summed E-state index contributed by atoms with van der Waals surface area (Å²) < 4.78 is 5.01. The zero-order chi connectivity index (χ0) is 15.9. The zero-order valence-electron chi connectivity index (χ0n) is 11.6. The molecule has 0 bridgehead atoms. The highest BCUT2D eigenvalue weighted by Gasteiger charge is 2.32. The number of carbonyl (C=O) groups excluding carboxylic acids is 2. The minimum Gasteiger partial charge on any atom is -0.504 e. The number of phenolic OH excluding ortho intramolecular Hbond substituents is 1. The standard InChI is InChI=1S/C17H11ClO4/c1-22-14-8-10(18)6-9(15(14)19)7-13-16(20)11-4-2-3-5-12(11)17(13)21/h2-8,19H,1H3. The van der Waals surface area contributed by atoms with E-state index < -0.39 is 0 Å². The monoisotopic (exact) mass is 314 g/mol. The van der Waals surface area contributed by atoms with Crippen LogP contribution in [0.5, 0.6) is 11.5 Å². The van der Waals surface area contributed by atoms with Crippen LogP contribution in [0.15, 0.2) is 42.0 Å². The molecule has 3 rings (SSSR count). The van der Waals surface area contributed by atoms with Crippen LogP contribution in [0.2, 0.25) is 5.02 Å². The Balaban J connectivity index is 2.14. The van der Waals surface area contributed by atoms with Crippen molar-refractivity contribution >= 4 is 29.2 Å². The van der Waals surface area contributed by atoms with E-state index in [2.05, 4.69) is 0 Å². The van der Waals surface area contributed by atoms with Gasteiger partial charge in [0.1, 0.15) is 0 Å². The van der Waals surface area contributed by atoms with Gasteiger partial charge in [-0.15, -0.1) is 0 Å². The molecule has 0 spiro atoms. The zero-order valence-corrected chi connectivity index (χ0v) is 12.3. The molecule has 0 atom stereocenters. The third-order valence-electron chi connectivity index (χ3n) is 3.49. The number of aromatic hydroxyl groups is 1. The van der Waals surface area contributed by atoms with Crippen LogP contribution in [-0.2, 0) is 0 Å². The maximum Gasteiger partial charge on any atom is 0.197 e. The number of benzene rings is 2. The number of Topliss-reactive ketones (excluding diaryl/α,β-unsaturated/α-hetero) is 2. The molecule has 1 aliphatic rings. The molecule has 1 N–H and O–H groups in total. The van der Waals surface area contributed by atoms with E-state index in [0.29, 0.717) is 16.1 Å². The molecule has 0 amide bonds. The molecule has 22 heavy (non-hydrogen) atoms. The van der Waals surface area contributed by atoms with Crippen molar-refractivity contribution in [3.63, 3.8) is 0 Å². The van der Waals surface area contributed by atoms with Crippen molar-refractivity contribution in [3.05, 3.63) is 63.7 Å². The van der Waals surface area contributed by atoms with Crippen molar-refractivity contribution < 1.29 is 19.4 Å². The first-order valence-electron chi connectivity index (χ1n) is 6.49. The predicted octanol–water partition coefficient (Wildman–Crippen LogP) is 3.52. The number of carbonyl (C=O) groups is 2. The second kappa shape index (κ2) is 5.31. The van der Waals surface area contributed by atoms with Crippen molar-refractivity contribution in [2.75, 3.05) is 7.11 Å². The average molecular weight is 315 g/mol. The number of ether oxygens (including phenoxy) is 1. The van der Waals surface area contributed by atoms with E-state index in [1.807, 2.05) is 0 Å². The molecule has 0 heterocycles. The molecule has 0 saturated heterocycles. The summed E-state index contributed by atoms with van der Waals surface area (Å²) in [7, 11) is 1.39. The molecular weight excluding hydrogens is 304 g/mol. The van der Waals surface area contributed by atoms with Gasteiger partial charge >= 0.3 is 0 Å². The molecule has 2 aromatic carbocycles. The fourth-order valence-corrected chi connectivity index (χ4v) is 2.64. The topological polar surface area (TPSA) is 63.6 Å². The summed E-state index contributed by atoms with van der Waals surface area (Å²) in [5.41, 5.74) is 0.995. The molecule has 5 heteroatoms. The second-order valence-corrected chi connectivity index (χ2v) is 5.24. The minimum atomic E-state index is -0.362. The Morgan fingerprint density at radius 3 is 2.23 bits per heavy atom. The van der Waals surface area contributed by atoms with E-state index in [-0.39, 0.29) is 34.2 Å². The van der Waals surface area contributed by atoms with Crippen LogP contribution in [0.25, 0.3) is 6.08 Å². The summed E-state index contributed by atoms with van der Waals surface area (Å²) in [6.45, 7) is 0. The smallest absolute Gasteiger partial charge is 0.197 e. The van der Waals surface area contributed by atoms with Gasteiger partial charge in [0.25, 0.3) is 0 Å². The Hall–Kier alpha value is -2.59. The molecule has 0 radical (unpaired) electrons. The third kappa shape index (κ3) is 2.18. The van der Waals surface area contributed by atoms with Gasteiger partial charge in [0, 0.05) is 27.8 Å². The van der Waals surface area contributed by atoms with Gasteiger partial charge in [0.05, 0.1) is 12.7 Å². The molecule has 0 aliphatic heterocycles. The van der Waals surface area contributed by atoms with Gasteiger partial charge in [0.2, 0.25) is 0 Å². The van der Waals surface area contributed by atoms with Gasteiger partial charge < -0.3 is 9.84 Å².